The third-order valence-electron chi connectivity index (χ3n) is 3.92. The summed E-state index contributed by atoms with van der Waals surface area (Å²) in [6.45, 7) is 1.96. The van der Waals surface area contributed by atoms with Gasteiger partial charge < -0.3 is 18.9 Å². The van der Waals surface area contributed by atoms with Gasteiger partial charge in [-0.3, -0.25) is 13.9 Å². The van der Waals surface area contributed by atoms with E-state index < -0.39 is 18.0 Å². The molecule has 1 aliphatic heterocycles. The highest BCUT2D eigenvalue weighted by molar-refractivity contribution is 5.04. The summed E-state index contributed by atoms with van der Waals surface area (Å²) in [4.78, 5) is 24.2. The van der Waals surface area contributed by atoms with Crippen LogP contribution in [0.5, 0.6) is 0 Å². The van der Waals surface area contributed by atoms with Gasteiger partial charge in [0.05, 0.1) is 6.61 Å². The number of rotatable bonds is 5. The Morgan fingerprint density at radius 1 is 1.18 bits per heavy atom. The van der Waals surface area contributed by atoms with E-state index in [-0.39, 0.29) is 17.8 Å². The number of aryl methyl sites for hydroxylation is 1. The van der Waals surface area contributed by atoms with Crippen LogP contribution in [0.3, 0.4) is 0 Å². The maximum Gasteiger partial charge on any atom is 0.332 e. The first-order valence-corrected chi connectivity index (χ1v) is 6.95. The van der Waals surface area contributed by atoms with E-state index in [1.54, 1.807) is 21.1 Å². The van der Waals surface area contributed by atoms with Crippen molar-refractivity contribution >= 4 is 0 Å². The summed E-state index contributed by atoms with van der Waals surface area (Å²) in [5.74, 6) is 0. The molecule has 0 spiro atoms. The normalized spacial score (nSPS) is 28.2. The number of aromatic nitrogens is 2. The van der Waals surface area contributed by atoms with Gasteiger partial charge in [0, 0.05) is 40.1 Å². The fraction of sp³-hybridized carbons (Fsp3) is 0.714. The molecule has 1 saturated heterocycles. The molecule has 0 unspecified atom stereocenters. The van der Waals surface area contributed by atoms with Gasteiger partial charge in [0.15, 0.2) is 6.23 Å². The lowest BCUT2D eigenvalue weighted by atomic mass is 10.1. The smallest absolute Gasteiger partial charge is 0.332 e. The van der Waals surface area contributed by atoms with Crippen molar-refractivity contribution in [1.29, 1.82) is 0 Å². The van der Waals surface area contributed by atoms with Gasteiger partial charge in [-0.25, -0.2) is 4.79 Å². The Hall–Kier alpha value is -1.48. The maximum atomic E-state index is 12.4. The fourth-order valence-electron chi connectivity index (χ4n) is 2.79. The third-order valence-corrected chi connectivity index (χ3v) is 3.92. The molecule has 0 saturated carbocycles. The van der Waals surface area contributed by atoms with E-state index in [1.807, 2.05) is 0 Å². The van der Waals surface area contributed by atoms with Crippen LogP contribution in [0.15, 0.2) is 15.8 Å². The summed E-state index contributed by atoms with van der Waals surface area (Å²) >= 11 is 0. The minimum Gasteiger partial charge on any atom is -0.382 e. The summed E-state index contributed by atoms with van der Waals surface area (Å²) in [5, 5.41) is 0. The first-order chi connectivity index (χ1) is 10.5. The SMILES string of the molecule is COC[C@H]1O[C@@H](n2cc(C)c(=O)n(C)c2=O)[C@H](OC)[C@@H]1OC. The number of hydrogen-bond acceptors (Lipinski definition) is 6. The minimum atomic E-state index is -0.687. The van der Waals surface area contributed by atoms with Crippen LogP contribution in [-0.2, 0) is 26.0 Å². The predicted molar refractivity (Wildman–Crippen MR) is 78.1 cm³/mol. The van der Waals surface area contributed by atoms with E-state index in [2.05, 4.69) is 0 Å². The summed E-state index contributed by atoms with van der Waals surface area (Å²) in [7, 11) is 6.08. The van der Waals surface area contributed by atoms with Gasteiger partial charge in [0.2, 0.25) is 0 Å². The lowest BCUT2D eigenvalue weighted by molar-refractivity contribution is -0.0678. The van der Waals surface area contributed by atoms with Crippen LogP contribution in [0.1, 0.15) is 11.8 Å². The van der Waals surface area contributed by atoms with Gasteiger partial charge in [-0.2, -0.15) is 0 Å². The van der Waals surface area contributed by atoms with Gasteiger partial charge in [-0.1, -0.05) is 0 Å². The maximum absolute atomic E-state index is 12.4. The summed E-state index contributed by atoms with van der Waals surface area (Å²) in [6, 6.07) is 0. The van der Waals surface area contributed by atoms with E-state index >= 15 is 0 Å². The van der Waals surface area contributed by atoms with Crippen LogP contribution in [0, 0.1) is 6.92 Å². The number of nitrogens with zero attached hydrogens (tertiary/aromatic N) is 2. The molecule has 1 aromatic rings. The summed E-state index contributed by atoms with van der Waals surface area (Å²) in [5.41, 5.74) is -0.342. The fourth-order valence-corrected chi connectivity index (χ4v) is 2.79. The zero-order chi connectivity index (χ0) is 16.4. The largest absolute Gasteiger partial charge is 0.382 e. The summed E-state index contributed by atoms with van der Waals surface area (Å²) in [6.07, 6.45) is -0.426. The van der Waals surface area contributed by atoms with Gasteiger partial charge >= 0.3 is 5.69 Å². The predicted octanol–water partition coefficient (Wildman–Crippen LogP) is -0.571. The molecule has 0 radical (unpaired) electrons. The topological polar surface area (TPSA) is 80.9 Å². The van der Waals surface area contributed by atoms with Gasteiger partial charge in [0.1, 0.15) is 18.3 Å². The van der Waals surface area contributed by atoms with Crippen molar-refractivity contribution in [2.24, 2.45) is 7.05 Å². The molecule has 2 heterocycles. The highest BCUT2D eigenvalue weighted by Crippen LogP contribution is 2.32. The van der Waals surface area contributed by atoms with Gasteiger partial charge in [0.25, 0.3) is 5.56 Å². The van der Waals surface area contributed by atoms with E-state index in [0.717, 1.165) is 4.57 Å². The van der Waals surface area contributed by atoms with Crippen molar-refractivity contribution in [2.75, 3.05) is 27.9 Å². The number of ether oxygens (including phenoxy) is 4. The molecular weight excluding hydrogens is 292 g/mol. The number of methoxy groups -OCH3 is 3. The second kappa shape index (κ2) is 6.74. The minimum absolute atomic E-state index is 0.314. The van der Waals surface area contributed by atoms with E-state index in [1.165, 1.54) is 24.9 Å². The molecule has 2 rings (SSSR count). The Labute approximate surface area is 128 Å². The molecule has 124 valence electrons. The Kier molecular flexibility index (Phi) is 5.17. The van der Waals surface area contributed by atoms with Gasteiger partial charge in [-0.15, -0.1) is 0 Å². The summed E-state index contributed by atoms with van der Waals surface area (Å²) < 4.78 is 24.4. The molecule has 1 aromatic heterocycles. The standard InChI is InChI=1S/C14H22N2O6/c1-8-6-16(14(18)15(2)12(8)17)13-11(21-5)10(20-4)9(22-13)7-19-3/h6,9-11,13H,7H2,1-5H3/t9-,10-,11-,13-/m1/s1. The van der Waals surface area contributed by atoms with Crippen molar-refractivity contribution in [3.05, 3.63) is 32.6 Å². The Balaban J connectivity index is 2.48. The third kappa shape index (κ3) is 2.74. The number of hydrogen-bond donors (Lipinski definition) is 0. The average Bonchev–Trinajstić information content (AvgIpc) is 2.86. The van der Waals surface area contributed by atoms with Crippen LogP contribution in [0.25, 0.3) is 0 Å². The molecule has 22 heavy (non-hydrogen) atoms. The van der Waals surface area contributed by atoms with E-state index in [0.29, 0.717) is 12.2 Å². The molecule has 8 heteroatoms. The molecule has 0 aromatic carbocycles. The molecule has 8 nitrogen and oxygen atoms in total. The van der Waals surface area contributed by atoms with Gasteiger partial charge in [-0.05, 0) is 6.92 Å². The molecule has 0 N–H and O–H groups in total. The molecular formula is C14H22N2O6. The molecule has 0 bridgehead atoms. The molecule has 0 aliphatic carbocycles. The van der Waals surface area contributed by atoms with Crippen molar-refractivity contribution in [2.45, 2.75) is 31.5 Å². The van der Waals surface area contributed by atoms with Crippen molar-refractivity contribution in [1.82, 2.24) is 9.13 Å². The second-order valence-corrected chi connectivity index (χ2v) is 5.29. The van der Waals surface area contributed by atoms with E-state index in [4.69, 9.17) is 18.9 Å². The highest BCUT2D eigenvalue weighted by Gasteiger charge is 2.46. The van der Waals surface area contributed by atoms with E-state index in [9.17, 15) is 9.59 Å². The van der Waals surface area contributed by atoms with Crippen LogP contribution >= 0.6 is 0 Å². The molecule has 1 aliphatic rings. The van der Waals surface area contributed by atoms with Crippen LogP contribution in [-0.4, -0.2) is 55.4 Å². The van der Waals surface area contributed by atoms with Crippen LogP contribution in [0.4, 0.5) is 0 Å². The average molecular weight is 314 g/mol. The Morgan fingerprint density at radius 2 is 1.82 bits per heavy atom. The first kappa shape index (κ1) is 16.9. The first-order valence-electron chi connectivity index (χ1n) is 6.95. The lowest BCUT2D eigenvalue weighted by Crippen LogP contribution is -2.43. The Bertz CT molecular complexity index is 637. The lowest BCUT2D eigenvalue weighted by Gasteiger charge is -2.22. The highest BCUT2D eigenvalue weighted by atomic mass is 16.6. The van der Waals surface area contributed by atoms with Crippen LogP contribution < -0.4 is 11.2 Å². The zero-order valence-corrected chi connectivity index (χ0v) is 13.4. The zero-order valence-electron chi connectivity index (χ0n) is 13.4. The van der Waals surface area contributed by atoms with Crippen molar-refractivity contribution < 1.29 is 18.9 Å². The quantitative estimate of drug-likeness (QED) is 0.724. The van der Waals surface area contributed by atoms with Crippen molar-refractivity contribution in [3.63, 3.8) is 0 Å². The monoisotopic (exact) mass is 314 g/mol. The van der Waals surface area contributed by atoms with Crippen molar-refractivity contribution in [3.8, 4) is 0 Å². The van der Waals surface area contributed by atoms with Crippen LogP contribution in [0.2, 0.25) is 0 Å². The molecule has 4 atom stereocenters. The molecule has 0 amide bonds. The molecule has 1 fully saturated rings. The second-order valence-electron chi connectivity index (χ2n) is 5.29. The Morgan fingerprint density at radius 3 is 2.36 bits per heavy atom.